The molecular weight excluding hydrogens is 1890 g/mol. The molecule has 12 heteroatoms. The van der Waals surface area contributed by atoms with Gasteiger partial charge in [0.2, 0.25) is 0 Å². The molecule has 21 aromatic carbocycles. The number of hydrogen-bond acceptors (Lipinski definition) is 8. The molecule has 0 amide bonds. The van der Waals surface area contributed by atoms with E-state index in [2.05, 4.69) is 493 Å². The lowest BCUT2D eigenvalue weighted by Gasteiger charge is -2.19. The van der Waals surface area contributed by atoms with Crippen LogP contribution < -0.4 is 31.1 Å². The highest BCUT2D eigenvalue weighted by Crippen LogP contribution is 2.48. The van der Waals surface area contributed by atoms with Crippen molar-refractivity contribution in [1.82, 2.24) is 34.5 Å². The fourth-order valence-corrected chi connectivity index (χ4v) is 33.9. The molecule has 0 saturated carbocycles. The number of furan rings is 1. The van der Waals surface area contributed by atoms with Gasteiger partial charge in [0.1, 0.15) is 41.2 Å². The molecule has 150 heavy (non-hydrogen) atoms. The van der Waals surface area contributed by atoms with E-state index in [0.717, 1.165) is 139 Å². The van der Waals surface area contributed by atoms with Gasteiger partial charge in [-0.25, -0.2) is 29.9 Å². The summed E-state index contributed by atoms with van der Waals surface area (Å²) in [6.45, 7) is 14.8. The molecule has 0 bridgehead atoms. The predicted octanol–water partition coefficient (Wildman–Crippen LogP) is 33.0. The monoisotopic (exact) mass is 1990 g/mol. The third-order valence-corrected chi connectivity index (χ3v) is 42.9. The molecule has 6 aromatic heterocycles. The van der Waals surface area contributed by atoms with Crippen molar-refractivity contribution in [1.29, 1.82) is 0 Å². The number of nitrogens with zero attached hydrogens (tertiary/aromatic N) is 7. The SMILES string of the molecule is C[Si]1(C)c2ccccc2-c2c1ccc1c(-c3ccc4sc5ccccc5c4c3)nc(-c3cccc(-c4cccc(-c5ccccc5)c4)c3)nc21.C[Si]1(C)c2ccccc2-c2c1ccc1c(-c3cccc4c3oc3ccccc34)nc(-c3ccccc3)nc21.C[Si]1(C)c2ccccc2-c2c1ccc1c(-n3c4ccccc4c4ccccc43)nc(-c3cccc(-c4cccc(-c5ccccc5)c4)c3)nc21.c1ccc(-c2ccccc2)cc1. The molecule has 0 atom stereocenters. The number of benzene rings is 21. The number of para-hydroxylation sites is 4. The lowest BCUT2D eigenvalue weighted by atomic mass is 9.97. The zero-order valence-corrected chi connectivity index (χ0v) is 87.5. The van der Waals surface area contributed by atoms with E-state index in [1.807, 2.05) is 53.8 Å². The van der Waals surface area contributed by atoms with Crippen LogP contribution in [0, 0.1) is 0 Å². The average molecular weight is 1990 g/mol. The van der Waals surface area contributed by atoms with Gasteiger partial charge in [-0.15, -0.1) is 11.3 Å². The van der Waals surface area contributed by atoms with Crippen molar-refractivity contribution in [2.45, 2.75) is 39.3 Å². The molecule has 9 heterocycles. The minimum Gasteiger partial charge on any atom is -0.455 e. The maximum Gasteiger partial charge on any atom is 0.162 e. The van der Waals surface area contributed by atoms with Gasteiger partial charge in [-0.1, -0.05) is 458 Å². The Kier molecular flexibility index (Phi) is 22.4. The molecule has 710 valence electrons. The van der Waals surface area contributed by atoms with Gasteiger partial charge in [0.25, 0.3) is 0 Å². The van der Waals surface area contributed by atoms with E-state index in [1.54, 1.807) is 0 Å². The summed E-state index contributed by atoms with van der Waals surface area (Å²) in [5.41, 5.74) is 33.9. The second-order valence-corrected chi connectivity index (χ2v) is 55.0. The second kappa shape index (κ2) is 36.9. The Labute approximate surface area is 877 Å². The van der Waals surface area contributed by atoms with Crippen LogP contribution in [0.1, 0.15) is 0 Å². The van der Waals surface area contributed by atoms with Gasteiger partial charge in [0, 0.05) is 102 Å². The molecule has 3 aliphatic heterocycles. The molecule has 0 N–H and O–H groups in total. The summed E-state index contributed by atoms with van der Waals surface area (Å²) in [6.07, 6.45) is 0. The summed E-state index contributed by atoms with van der Waals surface area (Å²) < 4.78 is 11.4. The van der Waals surface area contributed by atoms with Crippen molar-refractivity contribution in [2.24, 2.45) is 0 Å². The van der Waals surface area contributed by atoms with Crippen LogP contribution in [0.15, 0.2) is 496 Å². The minimum absolute atomic E-state index is 0.729. The molecule has 30 rings (SSSR count). The van der Waals surface area contributed by atoms with Crippen LogP contribution in [0.5, 0.6) is 0 Å². The summed E-state index contributed by atoms with van der Waals surface area (Å²) in [6, 6.07) is 175. The van der Waals surface area contributed by atoms with Crippen LogP contribution in [-0.4, -0.2) is 58.7 Å². The summed E-state index contributed by atoms with van der Waals surface area (Å²) in [4.78, 5) is 32.4. The number of rotatable bonds is 11. The van der Waals surface area contributed by atoms with E-state index in [9.17, 15) is 0 Å². The molecule has 0 radical (unpaired) electrons. The highest BCUT2D eigenvalue weighted by atomic mass is 32.1. The zero-order chi connectivity index (χ0) is 100. The maximum atomic E-state index is 6.46. The highest BCUT2D eigenvalue weighted by Gasteiger charge is 2.43. The smallest absolute Gasteiger partial charge is 0.162 e. The topological polar surface area (TPSA) is 95.4 Å². The third-order valence-electron chi connectivity index (χ3n) is 31.1. The first-order chi connectivity index (χ1) is 73.7. The standard InChI is InChI=1S/C46H33N3Si.C46H32N2SSi.C34H24N2OSi.C12H10/c1-50(2)41-25-11-8-22-37(41)43-42(50)27-26-38-44(43)47-45(48-46(38)49-39-23-9-6-20-35(39)36-21-7-10-24-40(36)49)34-19-13-18-33(29-34)32-17-12-16-31(28-32)30-14-4-3-5-15-30;1-50(2)41-21-9-7-19-36(41)43-42(50)25-23-37-44(33-22-24-40-38(28-33)35-18-6-8-20-39(35)49-40)47-46(48-45(37)43)34-17-11-16-32(27-34)31-15-10-14-30(26-31)29-12-4-3-5-13-29;1-38(2)28-18-9-7-14-24(28)30-29(38)20-19-25-31(35-34(36-32(25)30)21-11-4-3-5-12-21)26-16-10-15-23-22-13-6-8-17-27(22)37-33(23)26;1-3-7-11(8-4-1)12-9-5-2-6-10-12/h3-29H,1-2H3;3-28H,1-2H3;3-20H,1-2H3;1-10H. The van der Waals surface area contributed by atoms with Crippen molar-refractivity contribution in [3.63, 3.8) is 0 Å². The Morgan fingerprint density at radius 3 is 1.01 bits per heavy atom. The third kappa shape index (κ3) is 15.6. The first-order valence-electron chi connectivity index (χ1n) is 51.5. The Morgan fingerprint density at radius 2 is 0.527 bits per heavy atom. The normalized spacial score (nSPS) is 13.0. The first kappa shape index (κ1) is 90.8. The quantitative estimate of drug-likeness (QED) is 0.119. The lowest BCUT2D eigenvalue weighted by molar-refractivity contribution is 0.670. The Bertz CT molecular complexity index is 9990. The van der Waals surface area contributed by atoms with Crippen LogP contribution in [0.3, 0.4) is 0 Å². The minimum atomic E-state index is -1.92. The number of fused-ring (bicyclic) bond motifs is 24. The average Bonchev–Trinajstić information content (AvgIpc) is 1.55. The van der Waals surface area contributed by atoms with Gasteiger partial charge in [0.05, 0.1) is 39.0 Å². The second-order valence-electron chi connectivity index (χ2n) is 40.9. The molecule has 0 saturated heterocycles. The van der Waals surface area contributed by atoms with Gasteiger partial charge in [0.15, 0.2) is 17.5 Å². The lowest BCUT2D eigenvalue weighted by Crippen LogP contribution is -2.49. The number of hydrogen-bond donors (Lipinski definition) is 0. The molecule has 0 spiro atoms. The van der Waals surface area contributed by atoms with Gasteiger partial charge in [-0.3, -0.25) is 4.57 Å². The Balaban J connectivity index is 0.000000105. The van der Waals surface area contributed by atoms with Gasteiger partial charge >= 0.3 is 0 Å². The Morgan fingerprint density at radius 1 is 0.200 bits per heavy atom. The fourth-order valence-electron chi connectivity index (χ4n) is 23.6. The summed E-state index contributed by atoms with van der Waals surface area (Å²) in [5, 5.41) is 19.2. The van der Waals surface area contributed by atoms with E-state index in [0.29, 0.717) is 0 Å². The zero-order valence-electron chi connectivity index (χ0n) is 83.7. The van der Waals surface area contributed by atoms with Crippen molar-refractivity contribution >= 4 is 163 Å². The van der Waals surface area contributed by atoms with Gasteiger partial charge in [-0.05, 0) is 176 Å². The van der Waals surface area contributed by atoms with E-state index in [-0.39, 0.29) is 0 Å². The molecule has 27 aromatic rings. The van der Waals surface area contributed by atoms with E-state index in [4.69, 9.17) is 34.3 Å². The highest BCUT2D eigenvalue weighted by molar-refractivity contribution is 7.25. The fraction of sp³-hybridized carbons (Fsp3) is 0.0435. The number of thiophene rings is 1. The van der Waals surface area contributed by atoms with Crippen LogP contribution in [0.2, 0.25) is 39.3 Å². The van der Waals surface area contributed by atoms with Crippen molar-refractivity contribution in [3.05, 3.63) is 491 Å². The molecule has 3 aliphatic rings. The molecular formula is C138H99N7OSSi3. The number of aromatic nitrogens is 7. The van der Waals surface area contributed by atoms with E-state index >= 15 is 0 Å². The predicted molar refractivity (Wildman–Crippen MR) is 640 cm³/mol. The molecule has 0 unspecified atom stereocenters. The largest absolute Gasteiger partial charge is 0.455 e. The van der Waals surface area contributed by atoms with E-state index < -0.39 is 24.2 Å². The summed E-state index contributed by atoms with van der Waals surface area (Å²) in [5.74, 6) is 3.12. The van der Waals surface area contributed by atoms with Crippen LogP contribution >= 0.6 is 11.3 Å². The van der Waals surface area contributed by atoms with Gasteiger partial charge < -0.3 is 4.42 Å². The molecule has 8 nitrogen and oxygen atoms in total. The first-order valence-corrected chi connectivity index (χ1v) is 61.3. The summed E-state index contributed by atoms with van der Waals surface area (Å²) >= 11 is 1.85. The van der Waals surface area contributed by atoms with Crippen LogP contribution in [-0.2, 0) is 0 Å². The molecule has 0 aliphatic carbocycles. The van der Waals surface area contributed by atoms with Crippen LogP contribution in [0.25, 0.3) is 248 Å². The Hall–Kier alpha value is -17.9. The van der Waals surface area contributed by atoms with Crippen LogP contribution in [0.4, 0.5) is 0 Å². The maximum absolute atomic E-state index is 6.46. The van der Waals surface area contributed by atoms with Crippen molar-refractivity contribution in [3.8, 4) is 152 Å². The molecule has 0 fully saturated rings. The summed E-state index contributed by atoms with van der Waals surface area (Å²) in [7, 11) is -5.65. The van der Waals surface area contributed by atoms with Gasteiger partial charge in [-0.2, -0.15) is 0 Å². The van der Waals surface area contributed by atoms with E-state index in [1.165, 1.54) is 140 Å². The van der Waals surface area contributed by atoms with Crippen molar-refractivity contribution < 1.29 is 4.42 Å². The van der Waals surface area contributed by atoms with Crippen molar-refractivity contribution in [2.75, 3.05) is 0 Å².